The minimum atomic E-state index is -4.74. The number of carbonyl (C=O) groups excluding carboxylic acids is 2. The average Bonchev–Trinajstić information content (AvgIpc) is 2.71. The molecule has 1 saturated heterocycles. The summed E-state index contributed by atoms with van der Waals surface area (Å²) in [5.41, 5.74) is 0.673. The van der Waals surface area contributed by atoms with Crippen LogP contribution < -0.4 is 10.1 Å². The normalized spacial score (nSPS) is 18.6. The van der Waals surface area contributed by atoms with E-state index in [1.165, 1.54) is 24.3 Å². The van der Waals surface area contributed by atoms with E-state index < -0.39 is 18.3 Å². The first kappa shape index (κ1) is 19.4. The largest absolute Gasteiger partial charge is 0.573 e. The van der Waals surface area contributed by atoms with Crippen LogP contribution in [0.15, 0.2) is 24.3 Å². The lowest BCUT2D eigenvalue weighted by Gasteiger charge is -2.25. The van der Waals surface area contributed by atoms with Gasteiger partial charge in [-0.2, -0.15) is 0 Å². The molecule has 9 heteroatoms. The van der Waals surface area contributed by atoms with E-state index in [9.17, 15) is 22.8 Å². The minimum absolute atomic E-state index is 0.216. The quantitative estimate of drug-likeness (QED) is 0.801. The third-order valence-electron chi connectivity index (χ3n) is 3.77. The first-order chi connectivity index (χ1) is 11.8. The van der Waals surface area contributed by atoms with Crippen LogP contribution >= 0.6 is 11.6 Å². The number of nitrogens with zero attached hydrogens (tertiary/aromatic N) is 1. The second kappa shape index (κ2) is 8.42. The van der Waals surface area contributed by atoms with Crippen LogP contribution in [0.3, 0.4) is 0 Å². The van der Waals surface area contributed by atoms with Gasteiger partial charge in [0, 0.05) is 13.1 Å². The van der Waals surface area contributed by atoms with Crippen molar-refractivity contribution in [2.75, 3.05) is 12.4 Å². The van der Waals surface area contributed by atoms with Gasteiger partial charge in [0.15, 0.2) is 0 Å². The molecule has 1 atom stereocenters. The lowest BCUT2D eigenvalue weighted by molar-refractivity contribution is -0.274. The van der Waals surface area contributed by atoms with E-state index in [1.807, 2.05) is 0 Å². The fourth-order valence-corrected chi connectivity index (χ4v) is 2.72. The summed E-state index contributed by atoms with van der Waals surface area (Å²) in [7, 11) is 0. The van der Waals surface area contributed by atoms with Crippen LogP contribution in [0.5, 0.6) is 5.75 Å². The highest BCUT2D eigenvalue weighted by atomic mass is 35.5. The molecule has 1 aliphatic heterocycles. The van der Waals surface area contributed by atoms with Crippen LogP contribution in [0.4, 0.5) is 13.2 Å². The summed E-state index contributed by atoms with van der Waals surface area (Å²) in [4.78, 5) is 25.6. The summed E-state index contributed by atoms with van der Waals surface area (Å²) in [6, 6.07) is 4.74. The van der Waals surface area contributed by atoms with Crippen molar-refractivity contribution in [1.82, 2.24) is 10.2 Å². The molecule has 0 spiro atoms. The van der Waals surface area contributed by atoms with Crippen LogP contribution in [-0.4, -0.2) is 41.5 Å². The van der Waals surface area contributed by atoms with Gasteiger partial charge in [0.25, 0.3) is 0 Å². The van der Waals surface area contributed by atoms with Crippen molar-refractivity contribution >= 4 is 23.4 Å². The fraction of sp³-hybridized carbons (Fsp3) is 0.500. The number of nitrogens with one attached hydrogen (secondary N) is 1. The van der Waals surface area contributed by atoms with E-state index in [0.717, 1.165) is 12.8 Å². The Balaban J connectivity index is 2.02. The molecule has 0 saturated carbocycles. The molecule has 1 aromatic rings. The number of ether oxygens (including phenoxy) is 1. The molecule has 1 N–H and O–H groups in total. The predicted molar refractivity (Wildman–Crippen MR) is 85.0 cm³/mol. The second-order valence-corrected chi connectivity index (χ2v) is 5.97. The number of hydrogen-bond acceptors (Lipinski definition) is 3. The van der Waals surface area contributed by atoms with Gasteiger partial charge in [0.1, 0.15) is 17.7 Å². The molecule has 1 unspecified atom stereocenters. The molecule has 0 aliphatic carbocycles. The van der Waals surface area contributed by atoms with Crippen LogP contribution in [0, 0.1) is 0 Å². The maximum absolute atomic E-state index is 12.6. The third kappa shape index (κ3) is 6.12. The number of halogens is 4. The van der Waals surface area contributed by atoms with Crippen molar-refractivity contribution in [2.24, 2.45) is 0 Å². The minimum Gasteiger partial charge on any atom is -0.406 e. The van der Waals surface area contributed by atoms with E-state index >= 15 is 0 Å². The monoisotopic (exact) mass is 378 g/mol. The zero-order chi connectivity index (χ0) is 18.4. The van der Waals surface area contributed by atoms with Gasteiger partial charge >= 0.3 is 6.36 Å². The van der Waals surface area contributed by atoms with Crippen molar-refractivity contribution in [2.45, 2.75) is 38.2 Å². The van der Waals surface area contributed by atoms with Crippen molar-refractivity contribution in [3.63, 3.8) is 0 Å². The molecule has 138 valence electrons. The molecule has 2 rings (SSSR count). The third-order valence-corrected chi connectivity index (χ3v) is 4.01. The Morgan fingerprint density at radius 1 is 1.28 bits per heavy atom. The molecule has 1 heterocycles. The molecular formula is C16H18ClF3N2O3. The number of amides is 2. The van der Waals surface area contributed by atoms with Crippen LogP contribution in [0.2, 0.25) is 0 Å². The molecule has 1 aromatic carbocycles. The zero-order valence-corrected chi connectivity index (χ0v) is 14.1. The number of hydrogen-bond donors (Lipinski definition) is 1. The van der Waals surface area contributed by atoms with Crippen molar-refractivity contribution < 1.29 is 27.5 Å². The molecule has 25 heavy (non-hydrogen) atoms. The van der Waals surface area contributed by atoms with Crippen LogP contribution in [0.1, 0.15) is 24.8 Å². The Kier molecular flexibility index (Phi) is 6.52. The van der Waals surface area contributed by atoms with Crippen molar-refractivity contribution in [1.29, 1.82) is 0 Å². The molecule has 0 aromatic heterocycles. The molecule has 0 radical (unpaired) electrons. The maximum Gasteiger partial charge on any atom is 0.573 e. The van der Waals surface area contributed by atoms with E-state index in [1.54, 1.807) is 4.90 Å². The Morgan fingerprint density at radius 2 is 1.96 bits per heavy atom. The summed E-state index contributed by atoms with van der Waals surface area (Å²) in [5.74, 6) is -1.16. The SMILES string of the molecule is O=C(CCl)NC1CCCCN(Cc2ccc(OC(F)(F)F)cc2)C1=O. The first-order valence-corrected chi connectivity index (χ1v) is 8.31. The first-order valence-electron chi connectivity index (χ1n) is 7.77. The number of benzene rings is 1. The van der Waals surface area contributed by atoms with E-state index in [4.69, 9.17) is 11.6 Å². The van der Waals surface area contributed by atoms with Crippen LogP contribution in [0.25, 0.3) is 0 Å². The summed E-state index contributed by atoms with van der Waals surface area (Å²) < 4.78 is 40.3. The predicted octanol–water partition coefficient (Wildman–Crippen LogP) is 2.82. The summed E-state index contributed by atoms with van der Waals surface area (Å²) >= 11 is 5.46. The van der Waals surface area contributed by atoms with Crippen molar-refractivity contribution in [3.05, 3.63) is 29.8 Å². The highest BCUT2D eigenvalue weighted by molar-refractivity contribution is 6.27. The molecular weight excluding hydrogens is 361 g/mol. The standard InChI is InChI=1S/C16H18ClF3N2O3/c17-9-14(23)21-13-3-1-2-8-22(15(13)24)10-11-4-6-12(7-5-11)25-16(18,19)20/h4-7,13H,1-3,8-10H2,(H,21,23). The smallest absolute Gasteiger partial charge is 0.406 e. The maximum atomic E-state index is 12.6. The van der Waals surface area contributed by atoms with Gasteiger partial charge in [-0.1, -0.05) is 12.1 Å². The van der Waals surface area contributed by atoms with Gasteiger partial charge < -0.3 is 15.0 Å². The lowest BCUT2D eigenvalue weighted by atomic mass is 10.1. The molecule has 1 aliphatic rings. The molecule has 0 bridgehead atoms. The summed E-state index contributed by atoms with van der Waals surface area (Å²) in [6.07, 6.45) is -2.63. The van der Waals surface area contributed by atoms with Gasteiger partial charge in [-0.05, 0) is 37.0 Å². The Bertz CT molecular complexity index is 608. The fourth-order valence-electron chi connectivity index (χ4n) is 2.65. The van der Waals surface area contributed by atoms with Crippen molar-refractivity contribution in [3.8, 4) is 5.75 Å². The lowest BCUT2D eigenvalue weighted by Crippen LogP contribution is -2.47. The van der Waals surface area contributed by atoms with Gasteiger partial charge in [0.05, 0.1) is 0 Å². The Labute approximate surface area is 148 Å². The van der Waals surface area contributed by atoms with E-state index in [0.29, 0.717) is 18.5 Å². The topological polar surface area (TPSA) is 58.6 Å². The van der Waals surface area contributed by atoms with E-state index in [2.05, 4.69) is 10.1 Å². The van der Waals surface area contributed by atoms with Gasteiger partial charge in [-0.15, -0.1) is 24.8 Å². The highest BCUT2D eigenvalue weighted by Crippen LogP contribution is 2.23. The highest BCUT2D eigenvalue weighted by Gasteiger charge is 2.31. The number of rotatable bonds is 5. The van der Waals surface area contributed by atoms with Gasteiger partial charge in [-0.3, -0.25) is 9.59 Å². The van der Waals surface area contributed by atoms with Crippen LogP contribution in [-0.2, 0) is 16.1 Å². The number of likely N-dealkylation sites (tertiary alicyclic amines) is 1. The summed E-state index contributed by atoms with van der Waals surface area (Å²) in [5, 5.41) is 2.60. The van der Waals surface area contributed by atoms with E-state index in [-0.39, 0.29) is 24.1 Å². The summed E-state index contributed by atoms with van der Waals surface area (Å²) in [6.45, 7) is 0.769. The number of alkyl halides is 4. The second-order valence-electron chi connectivity index (χ2n) is 5.70. The zero-order valence-electron chi connectivity index (χ0n) is 13.3. The Hall–Kier alpha value is -1.96. The van der Waals surface area contributed by atoms with Gasteiger partial charge in [0.2, 0.25) is 11.8 Å². The molecule has 1 fully saturated rings. The molecule has 5 nitrogen and oxygen atoms in total. The average molecular weight is 379 g/mol. The number of carbonyl (C=O) groups is 2. The molecule has 2 amide bonds. The van der Waals surface area contributed by atoms with Gasteiger partial charge in [-0.25, -0.2) is 0 Å². The Morgan fingerprint density at radius 3 is 2.56 bits per heavy atom.